The molecule has 0 aliphatic rings. The van der Waals surface area contributed by atoms with Crippen LogP contribution in [0.3, 0.4) is 0 Å². The fourth-order valence-corrected chi connectivity index (χ4v) is 1.97. The van der Waals surface area contributed by atoms with Crippen molar-refractivity contribution in [2.75, 3.05) is 0 Å². The lowest BCUT2D eigenvalue weighted by Crippen LogP contribution is -2.29. The van der Waals surface area contributed by atoms with Crippen LogP contribution in [0.25, 0.3) is 0 Å². The third-order valence-electron chi connectivity index (χ3n) is 2.79. The molecule has 0 saturated heterocycles. The first-order valence-electron chi connectivity index (χ1n) is 5.63. The number of hydrazine groups is 1. The summed E-state index contributed by atoms with van der Waals surface area (Å²) in [7, 11) is 0. The van der Waals surface area contributed by atoms with Gasteiger partial charge in [-0.1, -0.05) is 23.7 Å². The summed E-state index contributed by atoms with van der Waals surface area (Å²) in [4.78, 5) is 8.45. The number of nitrogens with one attached hydrogen (secondary N) is 1. The number of hydrogen-bond acceptors (Lipinski definition) is 4. The Balaban J connectivity index is 2.42. The van der Waals surface area contributed by atoms with Crippen molar-refractivity contribution in [3.05, 3.63) is 58.1 Å². The molecule has 2 rings (SSSR count). The van der Waals surface area contributed by atoms with Gasteiger partial charge in [-0.25, -0.2) is 15.4 Å². The number of hydrogen-bond donors (Lipinski definition) is 2. The van der Waals surface area contributed by atoms with E-state index >= 15 is 0 Å². The standard InChI is InChI=1S/C13H15ClN4/c1-8-3-4-10(7-11(8)14)13(18-15)12-5-6-16-9(2)17-12/h3-7,13,18H,15H2,1-2H3. The third-order valence-corrected chi connectivity index (χ3v) is 3.20. The zero-order valence-electron chi connectivity index (χ0n) is 10.3. The molecule has 1 heterocycles. The van der Waals surface area contributed by atoms with Crippen LogP contribution >= 0.6 is 11.6 Å². The second-order valence-electron chi connectivity index (χ2n) is 4.14. The maximum Gasteiger partial charge on any atom is 0.125 e. The van der Waals surface area contributed by atoms with Gasteiger partial charge < -0.3 is 0 Å². The van der Waals surface area contributed by atoms with Gasteiger partial charge in [0.15, 0.2) is 0 Å². The van der Waals surface area contributed by atoms with Crippen molar-refractivity contribution in [1.29, 1.82) is 0 Å². The Labute approximate surface area is 111 Å². The van der Waals surface area contributed by atoms with Crippen LogP contribution in [0.4, 0.5) is 0 Å². The van der Waals surface area contributed by atoms with Crippen molar-refractivity contribution >= 4 is 11.6 Å². The summed E-state index contributed by atoms with van der Waals surface area (Å²) in [5, 5.41) is 0.721. The molecule has 0 radical (unpaired) electrons. The highest BCUT2D eigenvalue weighted by molar-refractivity contribution is 6.31. The van der Waals surface area contributed by atoms with Crippen LogP contribution in [0.15, 0.2) is 30.5 Å². The van der Waals surface area contributed by atoms with Crippen LogP contribution in [-0.2, 0) is 0 Å². The fourth-order valence-electron chi connectivity index (χ4n) is 1.78. The normalized spacial score (nSPS) is 12.4. The van der Waals surface area contributed by atoms with Crippen LogP contribution in [0.2, 0.25) is 5.02 Å². The summed E-state index contributed by atoms with van der Waals surface area (Å²) in [6.07, 6.45) is 1.72. The first-order chi connectivity index (χ1) is 8.61. The number of benzene rings is 1. The van der Waals surface area contributed by atoms with Gasteiger partial charge in [0.05, 0.1) is 11.7 Å². The topological polar surface area (TPSA) is 63.8 Å². The number of rotatable bonds is 3. The number of nitrogens with zero attached hydrogens (tertiary/aromatic N) is 2. The van der Waals surface area contributed by atoms with E-state index in [0.717, 1.165) is 21.8 Å². The van der Waals surface area contributed by atoms with Gasteiger partial charge in [0.25, 0.3) is 0 Å². The van der Waals surface area contributed by atoms with Crippen molar-refractivity contribution in [3.63, 3.8) is 0 Å². The van der Waals surface area contributed by atoms with Crippen LogP contribution in [0, 0.1) is 13.8 Å². The molecule has 5 heteroatoms. The van der Waals surface area contributed by atoms with Gasteiger partial charge in [-0.15, -0.1) is 0 Å². The summed E-state index contributed by atoms with van der Waals surface area (Å²) in [5.74, 6) is 6.34. The average molecular weight is 263 g/mol. The summed E-state index contributed by atoms with van der Waals surface area (Å²) >= 11 is 6.13. The van der Waals surface area contributed by atoms with Crippen LogP contribution in [-0.4, -0.2) is 9.97 Å². The lowest BCUT2D eigenvalue weighted by Gasteiger charge is -2.16. The van der Waals surface area contributed by atoms with E-state index in [1.807, 2.05) is 38.1 Å². The Kier molecular flexibility index (Phi) is 3.91. The molecule has 1 atom stereocenters. The lowest BCUT2D eigenvalue weighted by molar-refractivity contribution is 0.616. The van der Waals surface area contributed by atoms with Crippen LogP contribution in [0.1, 0.15) is 28.7 Å². The molecule has 0 saturated carbocycles. The molecule has 94 valence electrons. The van der Waals surface area contributed by atoms with Gasteiger partial charge in [0, 0.05) is 11.2 Å². The summed E-state index contributed by atoms with van der Waals surface area (Å²) in [6, 6.07) is 7.51. The molecule has 3 N–H and O–H groups in total. The highest BCUT2D eigenvalue weighted by atomic mass is 35.5. The minimum Gasteiger partial charge on any atom is -0.271 e. The number of nitrogens with two attached hydrogens (primary N) is 1. The number of halogens is 1. The molecule has 0 fully saturated rings. The smallest absolute Gasteiger partial charge is 0.125 e. The third kappa shape index (κ3) is 2.67. The van der Waals surface area contributed by atoms with E-state index in [9.17, 15) is 0 Å². The van der Waals surface area contributed by atoms with Crippen LogP contribution < -0.4 is 11.3 Å². The molecular weight excluding hydrogens is 248 g/mol. The Morgan fingerprint density at radius 1 is 1.28 bits per heavy atom. The van der Waals surface area contributed by atoms with E-state index in [1.165, 1.54) is 0 Å². The molecule has 18 heavy (non-hydrogen) atoms. The first kappa shape index (κ1) is 13.0. The van der Waals surface area contributed by atoms with Gasteiger partial charge in [-0.05, 0) is 37.1 Å². The molecular formula is C13H15ClN4. The highest BCUT2D eigenvalue weighted by Gasteiger charge is 2.14. The largest absolute Gasteiger partial charge is 0.271 e. The number of aryl methyl sites for hydroxylation is 2. The lowest BCUT2D eigenvalue weighted by atomic mass is 10.0. The van der Waals surface area contributed by atoms with E-state index in [4.69, 9.17) is 17.4 Å². The Bertz CT molecular complexity index is 556. The quantitative estimate of drug-likeness (QED) is 0.658. The monoisotopic (exact) mass is 262 g/mol. The summed E-state index contributed by atoms with van der Waals surface area (Å²) in [5.41, 5.74) is 5.60. The van der Waals surface area contributed by atoms with Crippen LogP contribution in [0.5, 0.6) is 0 Å². The fraction of sp³-hybridized carbons (Fsp3) is 0.231. The molecule has 0 amide bonds. The van der Waals surface area contributed by atoms with Crippen molar-refractivity contribution in [2.45, 2.75) is 19.9 Å². The second-order valence-corrected chi connectivity index (χ2v) is 4.54. The molecule has 0 spiro atoms. The molecule has 0 aliphatic heterocycles. The molecule has 1 aromatic heterocycles. The Morgan fingerprint density at radius 2 is 2.06 bits per heavy atom. The molecule has 4 nitrogen and oxygen atoms in total. The minimum absolute atomic E-state index is 0.190. The van der Waals surface area contributed by atoms with E-state index in [2.05, 4.69) is 15.4 Å². The average Bonchev–Trinajstić information content (AvgIpc) is 2.35. The minimum atomic E-state index is -0.190. The van der Waals surface area contributed by atoms with E-state index in [0.29, 0.717) is 5.82 Å². The zero-order valence-corrected chi connectivity index (χ0v) is 11.1. The maximum atomic E-state index is 6.13. The SMILES string of the molecule is Cc1nccc(C(NN)c2ccc(C)c(Cl)c2)n1. The predicted octanol–water partition coefficient (Wildman–Crippen LogP) is 2.30. The second kappa shape index (κ2) is 5.44. The Morgan fingerprint density at radius 3 is 2.67 bits per heavy atom. The molecule has 2 aromatic rings. The van der Waals surface area contributed by atoms with Crippen molar-refractivity contribution in [2.24, 2.45) is 5.84 Å². The zero-order chi connectivity index (χ0) is 13.1. The Hall–Kier alpha value is -1.49. The molecule has 0 aliphatic carbocycles. The van der Waals surface area contributed by atoms with Gasteiger partial charge in [0.1, 0.15) is 5.82 Å². The van der Waals surface area contributed by atoms with Gasteiger partial charge in [-0.3, -0.25) is 5.84 Å². The van der Waals surface area contributed by atoms with E-state index in [-0.39, 0.29) is 6.04 Å². The van der Waals surface area contributed by atoms with Crippen molar-refractivity contribution in [3.8, 4) is 0 Å². The number of aromatic nitrogens is 2. The summed E-state index contributed by atoms with van der Waals surface area (Å²) in [6.45, 7) is 3.81. The maximum absolute atomic E-state index is 6.13. The first-order valence-corrected chi connectivity index (χ1v) is 6.01. The van der Waals surface area contributed by atoms with Gasteiger partial charge in [0.2, 0.25) is 0 Å². The van der Waals surface area contributed by atoms with Gasteiger partial charge >= 0.3 is 0 Å². The van der Waals surface area contributed by atoms with E-state index in [1.54, 1.807) is 6.20 Å². The molecule has 0 bridgehead atoms. The van der Waals surface area contributed by atoms with Crippen molar-refractivity contribution in [1.82, 2.24) is 15.4 Å². The van der Waals surface area contributed by atoms with E-state index < -0.39 is 0 Å². The molecule has 1 unspecified atom stereocenters. The molecule has 1 aromatic carbocycles. The predicted molar refractivity (Wildman–Crippen MR) is 72.1 cm³/mol. The van der Waals surface area contributed by atoms with Gasteiger partial charge in [-0.2, -0.15) is 0 Å². The summed E-state index contributed by atoms with van der Waals surface area (Å²) < 4.78 is 0. The highest BCUT2D eigenvalue weighted by Crippen LogP contribution is 2.24. The van der Waals surface area contributed by atoms with Crippen molar-refractivity contribution < 1.29 is 0 Å².